The first-order chi connectivity index (χ1) is 6.18. The largest absolute Gasteiger partial charge is 0.618 e. The highest BCUT2D eigenvalue weighted by atomic mass is 79.9. The van der Waals surface area contributed by atoms with Crippen molar-refractivity contribution < 1.29 is 4.73 Å². The van der Waals surface area contributed by atoms with Gasteiger partial charge in [-0.15, -0.1) is 0 Å². The summed E-state index contributed by atoms with van der Waals surface area (Å²) in [5, 5.41) is 12.5. The quantitative estimate of drug-likeness (QED) is 0.511. The molecule has 2 aromatic rings. The monoisotopic (exact) mass is 237 g/mol. The molecule has 1 aromatic heterocycles. The Morgan fingerprint density at radius 2 is 1.92 bits per heavy atom. The van der Waals surface area contributed by atoms with E-state index in [0.29, 0.717) is 11.2 Å². The Balaban J connectivity index is 2.89. The van der Waals surface area contributed by atoms with Gasteiger partial charge in [0.15, 0.2) is 5.69 Å². The van der Waals surface area contributed by atoms with Crippen molar-refractivity contribution in [1.82, 2.24) is 0 Å². The summed E-state index contributed by atoms with van der Waals surface area (Å²) in [5.74, 6) is 0. The molecule has 3 heteroatoms. The van der Waals surface area contributed by atoms with E-state index in [9.17, 15) is 5.21 Å². The van der Waals surface area contributed by atoms with Gasteiger partial charge in [0.25, 0.3) is 0 Å². The Morgan fingerprint density at radius 1 is 1.23 bits per heavy atom. The number of hydrogen-bond acceptors (Lipinski definition) is 1. The number of rotatable bonds is 0. The number of halogens is 1. The van der Waals surface area contributed by atoms with Crippen LogP contribution in [0.3, 0.4) is 0 Å². The maximum absolute atomic E-state index is 11.6. The molecule has 0 aliphatic carbocycles. The van der Waals surface area contributed by atoms with Crippen LogP contribution in [-0.4, -0.2) is 0 Å². The first-order valence-electron chi connectivity index (χ1n) is 3.97. The highest BCUT2D eigenvalue weighted by Crippen LogP contribution is 2.16. The molecular weight excluding hydrogens is 230 g/mol. The Labute approximate surface area is 84.5 Å². The number of benzene rings is 1. The Hall–Kier alpha value is -1.09. The fourth-order valence-electron chi connectivity index (χ4n) is 1.30. The molecule has 2 nitrogen and oxygen atoms in total. The van der Waals surface area contributed by atoms with Gasteiger partial charge in [0.1, 0.15) is 0 Å². The standard InChI is InChI=1S/C10H8BrNO/c1-7-2-3-8-4-5-9(11)6-10(8)12(7)13/h2-6H,1H3. The van der Waals surface area contributed by atoms with Crippen LogP contribution in [0.4, 0.5) is 0 Å². The summed E-state index contributed by atoms with van der Waals surface area (Å²) in [7, 11) is 0. The second kappa shape index (κ2) is 3.00. The van der Waals surface area contributed by atoms with E-state index in [2.05, 4.69) is 15.9 Å². The third-order valence-electron chi connectivity index (χ3n) is 2.04. The number of nitrogens with zero attached hydrogens (tertiary/aromatic N) is 1. The van der Waals surface area contributed by atoms with E-state index in [1.54, 1.807) is 6.92 Å². The number of hydrogen-bond donors (Lipinski definition) is 0. The van der Waals surface area contributed by atoms with Gasteiger partial charge in [-0.1, -0.05) is 15.9 Å². The summed E-state index contributed by atoms with van der Waals surface area (Å²) in [4.78, 5) is 0. The third-order valence-corrected chi connectivity index (χ3v) is 2.53. The predicted molar refractivity (Wildman–Crippen MR) is 55.3 cm³/mol. The summed E-state index contributed by atoms with van der Waals surface area (Å²) < 4.78 is 1.87. The lowest BCUT2D eigenvalue weighted by Gasteiger charge is -2.04. The van der Waals surface area contributed by atoms with Crippen molar-refractivity contribution in [2.24, 2.45) is 0 Å². The first kappa shape index (κ1) is 8.51. The average Bonchev–Trinajstić information content (AvgIpc) is 2.12. The van der Waals surface area contributed by atoms with Crippen LogP contribution in [-0.2, 0) is 0 Å². The molecule has 0 unspecified atom stereocenters. The second-order valence-corrected chi connectivity index (χ2v) is 3.89. The maximum atomic E-state index is 11.6. The van der Waals surface area contributed by atoms with Crippen LogP contribution in [0.2, 0.25) is 0 Å². The van der Waals surface area contributed by atoms with E-state index >= 15 is 0 Å². The van der Waals surface area contributed by atoms with Gasteiger partial charge in [-0.3, -0.25) is 0 Å². The first-order valence-corrected chi connectivity index (χ1v) is 4.76. The zero-order chi connectivity index (χ0) is 9.42. The molecule has 0 aliphatic rings. The molecule has 0 fully saturated rings. The number of fused-ring (bicyclic) bond motifs is 1. The van der Waals surface area contributed by atoms with Crippen LogP contribution >= 0.6 is 15.9 Å². The van der Waals surface area contributed by atoms with Crippen molar-refractivity contribution in [2.45, 2.75) is 6.92 Å². The van der Waals surface area contributed by atoms with Crippen molar-refractivity contribution in [1.29, 1.82) is 0 Å². The Kier molecular flexibility index (Phi) is 1.96. The molecule has 0 bridgehead atoms. The number of pyridine rings is 1. The van der Waals surface area contributed by atoms with Crippen molar-refractivity contribution in [3.05, 3.63) is 45.7 Å². The predicted octanol–water partition coefficient (Wildman–Crippen LogP) is 2.54. The smallest absolute Gasteiger partial charge is 0.225 e. The van der Waals surface area contributed by atoms with Crippen molar-refractivity contribution in [3.63, 3.8) is 0 Å². The lowest BCUT2D eigenvalue weighted by Crippen LogP contribution is -2.30. The fraction of sp³-hybridized carbons (Fsp3) is 0.100. The van der Waals surface area contributed by atoms with Crippen LogP contribution in [0.15, 0.2) is 34.8 Å². The SMILES string of the molecule is Cc1ccc2ccc(Br)cc2[n+]1[O-]. The molecule has 2 rings (SSSR count). The van der Waals surface area contributed by atoms with Crippen LogP contribution in [0.25, 0.3) is 10.9 Å². The maximum Gasteiger partial charge on any atom is 0.225 e. The van der Waals surface area contributed by atoms with Gasteiger partial charge in [-0.2, -0.15) is 4.73 Å². The van der Waals surface area contributed by atoms with Crippen molar-refractivity contribution in [2.75, 3.05) is 0 Å². The second-order valence-electron chi connectivity index (χ2n) is 2.97. The summed E-state index contributed by atoms with van der Waals surface area (Å²) in [6.07, 6.45) is 0. The van der Waals surface area contributed by atoms with E-state index in [1.165, 1.54) is 0 Å². The molecule has 0 radical (unpaired) electrons. The molecule has 0 saturated carbocycles. The Bertz CT molecular complexity index is 462. The molecule has 1 aromatic carbocycles. The van der Waals surface area contributed by atoms with Gasteiger partial charge in [-0.05, 0) is 18.2 Å². The van der Waals surface area contributed by atoms with Crippen LogP contribution < -0.4 is 4.73 Å². The van der Waals surface area contributed by atoms with E-state index in [0.717, 1.165) is 14.6 Å². The molecule has 1 heterocycles. The molecule has 13 heavy (non-hydrogen) atoms. The normalized spacial score (nSPS) is 10.6. The molecule has 0 saturated heterocycles. The highest BCUT2D eigenvalue weighted by molar-refractivity contribution is 9.10. The molecule has 66 valence electrons. The molecule has 0 atom stereocenters. The summed E-state index contributed by atoms with van der Waals surface area (Å²) in [6.45, 7) is 1.80. The minimum Gasteiger partial charge on any atom is -0.618 e. The lowest BCUT2D eigenvalue weighted by atomic mass is 10.2. The number of aromatic nitrogens is 1. The Morgan fingerprint density at radius 3 is 2.69 bits per heavy atom. The minimum absolute atomic E-state index is 0.703. The zero-order valence-corrected chi connectivity index (χ0v) is 8.71. The van der Waals surface area contributed by atoms with E-state index in [4.69, 9.17) is 0 Å². The van der Waals surface area contributed by atoms with Gasteiger partial charge in [-0.25, -0.2) is 0 Å². The average molecular weight is 238 g/mol. The van der Waals surface area contributed by atoms with E-state index < -0.39 is 0 Å². The van der Waals surface area contributed by atoms with Crippen molar-refractivity contribution in [3.8, 4) is 0 Å². The third kappa shape index (κ3) is 1.40. The zero-order valence-electron chi connectivity index (χ0n) is 7.12. The van der Waals surface area contributed by atoms with E-state index in [1.807, 2.05) is 30.3 Å². The fourth-order valence-corrected chi connectivity index (χ4v) is 1.65. The molecule has 0 aliphatic heterocycles. The van der Waals surface area contributed by atoms with Crippen molar-refractivity contribution >= 4 is 26.8 Å². The highest BCUT2D eigenvalue weighted by Gasteiger charge is 2.05. The van der Waals surface area contributed by atoms with Crippen LogP contribution in [0, 0.1) is 12.1 Å². The summed E-state index contributed by atoms with van der Waals surface area (Å²) >= 11 is 3.34. The lowest BCUT2D eigenvalue weighted by molar-refractivity contribution is -0.584. The van der Waals surface area contributed by atoms with Gasteiger partial charge >= 0.3 is 0 Å². The van der Waals surface area contributed by atoms with Gasteiger partial charge < -0.3 is 5.21 Å². The van der Waals surface area contributed by atoms with Crippen LogP contribution in [0.1, 0.15) is 5.69 Å². The molecule has 0 N–H and O–H groups in total. The van der Waals surface area contributed by atoms with Gasteiger partial charge in [0.2, 0.25) is 5.52 Å². The summed E-state index contributed by atoms with van der Waals surface area (Å²) in [5.41, 5.74) is 1.42. The van der Waals surface area contributed by atoms with Gasteiger partial charge in [0, 0.05) is 28.9 Å². The topological polar surface area (TPSA) is 26.9 Å². The molecule has 0 spiro atoms. The number of aryl methyl sites for hydroxylation is 1. The van der Waals surface area contributed by atoms with Gasteiger partial charge in [0.05, 0.1) is 0 Å². The summed E-state index contributed by atoms with van der Waals surface area (Å²) in [6, 6.07) is 9.45. The minimum atomic E-state index is 0.703. The molecule has 0 amide bonds. The van der Waals surface area contributed by atoms with Crippen LogP contribution in [0.5, 0.6) is 0 Å². The van der Waals surface area contributed by atoms with E-state index in [-0.39, 0.29) is 0 Å². The molecular formula is C10H8BrNO.